The van der Waals surface area contributed by atoms with Crippen LogP contribution in [-0.2, 0) is 12.8 Å². The summed E-state index contributed by atoms with van der Waals surface area (Å²) in [4.78, 5) is 0. The van der Waals surface area contributed by atoms with Gasteiger partial charge < -0.3 is 19.3 Å². The Kier molecular flexibility index (Phi) is 10.3. The average Bonchev–Trinajstić information content (AvgIpc) is 3.34. The van der Waals surface area contributed by atoms with Crippen molar-refractivity contribution < 1.29 is 19.3 Å². The van der Waals surface area contributed by atoms with E-state index in [0.29, 0.717) is 10.5 Å². The van der Waals surface area contributed by atoms with Crippen molar-refractivity contribution in [2.24, 2.45) is 10.8 Å². The van der Waals surface area contributed by atoms with E-state index in [1.54, 1.807) is 0 Å². The molecule has 0 saturated heterocycles. The minimum atomic E-state index is 0.00695. The van der Waals surface area contributed by atoms with Crippen molar-refractivity contribution >= 4 is 25.3 Å². The second kappa shape index (κ2) is 12.3. The fraction of sp³-hybridized carbons (Fsp3) is 0.750. The molecule has 0 amide bonds. The maximum absolute atomic E-state index is 9.62. The summed E-state index contributed by atoms with van der Waals surface area (Å²) < 4.78 is 9.61. The summed E-state index contributed by atoms with van der Waals surface area (Å²) >= 11 is 9.65. The first-order valence-electron chi connectivity index (χ1n) is 11.6. The minimum absolute atomic E-state index is 0.00695. The first-order chi connectivity index (χ1) is 15.0. The molecule has 0 bridgehead atoms. The second-order valence-electron chi connectivity index (χ2n) is 10.6. The standard InChI is InChI=1S/C24H40N2O4S2/c1-23(2,11-7-17-15-29-25-21(17)27)13-9-19(31)5-6-20(32)10-14-24(3,4)12-8-18-16-30-26-22(18)28/h15-16,19-20,31-32H,5-14H2,1-4H3,(H,25,27)(H,26,28). The number of hydrogen-bond donors (Lipinski definition) is 4. The molecule has 0 fully saturated rings. The van der Waals surface area contributed by atoms with Crippen LogP contribution in [0.15, 0.2) is 21.6 Å². The van der Waals surface area contributed by atoms with E-state index in [2.05, 4.69) is 38.0 Å². The summed E-state index contributed by atoms with van der Waals surface area (Å²) in [6, 6.07) is 0. The summed E-state index contributed by atoms with van der Waals surface area (Å²) in [6.07, 6.45) is 13.0. The summed E-state index contributed by atoms with van der Waals surface area (Å²) in [7, 11) is 0. The van der Waals surface area contributed by atoms with Crippen molar-refractivity contribution in [3.8, 4) is 11.8 Å². The molecule has 32 heavy (non-hydrogen) atoms. The Hall–Kier alpha value is -1.28. The highest BCUT2D eigenvalue weighted by Crippen LogP contribution is 2.34. The van der Waals surface area contributed by atoms with Crippen molar-refractivity contribution in [1.82, 2.24) is 10.3 Å². The van der Waals surface area contributed by atoms with Crippen molar-refractivity contribution in [3.63, 3.8) is 0 Å². The van der Waals surface area contributed by atoms with Gasteiger partial charge in [0.05, 0.1) is 11.1 Å². The van der Waals surface area contributed by atoms with E-state index in [-0.39, 0.29) is 22.6 Å². The summed E-state index contributed by atoms with van der Waals surface area (Å²) in [5.41, 5.74) is 1.90. The molecule has 2 heterocycles. The number of aryl methyl sites for hydroxylation is 2. The normalized spacial score (nSPS) is 14.6. The largest absolute Gasteiger partial charge is 0.491 e. The molecule has 0 aliphatic carbocycles. The smallest absolute Gasteiger partial charge is 0.254 e. The number of nitrogens with zero attached hydrogens (tertiary/aromatic N) is 2. The highest BCUT2D eigenvalue weighted by molar-refractivity contribution is 7.81. The average molecular weight is 485 g/mol. The Morgan fingerprint density at radius 1 is 0.719 bits per heavy atom. The van der Waals surface area contributed by atoms with E-state index in [9.17, 15) is 10.2 Å². The predicted molar refractivity (Wildman–Crippen MR) is 134 cm³/mol. The van der Waals surface area contributed by atoms with E-state index in [4.69, 9.17) is 34.3 Å². The van der Waals surface area contributed by atoms with Gasteiger partial charge in [-0.2, -0.15) is 25.3 Å². The molecule has 2 atom stereocenters. The number of aromatic nitrogens is 2. The molecule has 2 N–H and O–H groups in total. The molecular weight excluding hydrogens is 444 g/mol. The Bertz CT molecular complexity index is 737. The van der Waals surface area contributed by atoms with Crippen LogP contribution in [0.4, 0.5) is 0 Å². The molecule has 182 valence electrons. The van der Waals surface area contributed by atoms with Crippen molar-refractivity contribution in [2.75, 3.05) is 0 Å². The van der Waals surface area contributed by atoms with Crippen LogP contribution < -0.4 is 0 Å². The second-order valence-corrected chi connectivity index (χ2v) is 12.1. The van der Waals surface area contributed by atoms with E-state index in [1.807, 2.05) is 0 Å². The maximum Gasteiger partial charge on any atom is 0.254 e. The first-order valence-corrected chi connectivity index (χ1v) is 12.6. The van der Waals surface area contributed by atoms with Gasteiger partial charge in [-0.25, -0.2) is 0 Å². The highest BCUT2D eigenvalue weighted by Gasteiger charge is 2.23. The number of aromatic hydroxyl groups is 2. The van der Waals surface area contributed by atoms with Gasteiger partial charge >= 0.3 is 0 Å². The Morgan fingerprint density at radius 2 is 1.09 bits per heavy atom. The lowest BCUT2D eigenvalue weighted by Gasteiger charge is -2.27. The summed E-state index contributed by atoms with van der Waals surface area (Å²) in [5, 5.41) is 27.1. The number of rotatable bonds is 15. The number of hydrogen-bond acceptors (Lipinski definition) is 8. The molecule has 0 spiro atoms. The van der Waals surface area contributed by atoms with Crippen LogP contribution in [0, 0.1) is 10.8 Å². The molecule has 0 radical (unpaired) electrons. The highest BCUT2D eigenvalue weighted by atomic mass is 32.1. The summed E-state index contributed by atoms with van der Waals surface area (Å²) in [5.74, 6) is 0.0139. The minimum Gasteiger partial charge on any atom is -0.491 e. The zero-order valence-corrected chi connectivity index (χ0v) is 21.7. The lowest BCUT2D eigenvalue weighted by molar-refractivity contribution is 0.290. The predicted octanol–water partition coefficient (Wildman–Crippen LogP) is 6.63. The SMILES string of the molecule is CC(C)(CCc1conc1O)CCC(S)CCC(S)CCC(C)(C)CCc1conc1O. The van der Waals surface area contributed by atoms with Gasteiger partial charge in [-0.3, -0.25) is 0 Å². The van der Waals surface area contributed by atoms with Crippen molar-refractivity contribution in [3.05, 3.63) is 23.7 Å². The van der Waals surface area contributed by atoms with Gasteiger partial charge in [-0.05, 0) is 85.4 Å². The van der Waals surface area contributed by atoms with E-state index in [1.165, 1.54) is 12.5 Å². The van der Waals surface area contributed by atoms with Crippen LogP contribution in [0.1, 0.15) is 90.2 Å². The molecule has 8 heteroatoms. The van der Waals surface area contributed by atoms with Gasteiger partial charge in [-0.1, -0.05) is 27.7 Å². The van der Waals surface area contributed by atoms with Gasteiger partial charge in [0, 0.05) is 10.5 Å². The zero-order valence-electron chi connectivity index (χ0n) is 19.9. The first kappa shape index (κ1) is 27.0. The lowest BCUT2D eigenvalue weighted by Crippen LogP contribution is -2.17. The van der Waals surface area contributed by atoms with E-state index in [0.717, 1.165) is 75.3 Å². The van der Waals surface area contributed by atoms with Gasteiger partial charge in [0.25, 0.3) is 11.8 Å². The Morgan fingerprint density at radius 3 is 1.41 bits per heavy atom. The quantitative estimate of drug-likeness (QED) is 0.212. The molecule has 2 aromatic heterocycles. The van der Waals surface area contributed by atoms with Crippen LogP contribution in [-0.4, -0.2) is 31.0 Å². The molecule has 6 nitrogen and oxygen atoms in total. The molecular formula is C24H40N2O4S2. The topological polar surface area (TPSA) is 92.5 Å². The third-order valence-corrected chi connectivity index (χ3v) is 7.56. The third kappa shape index (κ3) is 9.69. The van der Waals surface area contributed by atoms with Crippen LogP contribution in [0.2, 0.25) is 0 Å². The molecule has 2 unspecified atom stereocenters. The van der Waals surface area contributed by atoms with E-state index < -0.39 is 0 Å². The van der Waals surface area contributed by atoms with Crippen molar-refractivity contribution in [1.29, 1.82) is 0 Å². The Balaban J connectivity index is 1.61. The van der Waals surface area contributed by atoms with Crippen LogP contribution >= 0.6 is 25.3 Å². The van der Waals surface area contributed by atoms with Gasteiger partial charge in [-0.15, -0.1) is 0 Å². The van der Waals surface area contributed by atoms with E-state index >= 15 is 0 Å². The Labute approximate surface area is 203 Å². The molecule has 2 aromatic rings. The van der Waals surface area contributed by atoms with Crippen LogP contribution in [0.25, 0.3) is 0 Å². The summed E-state index contributed by atoms with van der Waals surface area (Å²) in [6.45, 7) is 9.06. The van der Waals surface area contributed by atoms with Gasteiger partial charge in [0.15, 0.2) is 0 Å². The molecule has 2 rings (SSSR count). The molecule has 0 saturated carbocycles. The fourth-order valence-corrected chi connectivity index (χ4v) is 4.38. The lowest BCUT2D eigenvalue weighted by atomic mass is 9.81. The molecule has 0 aliphatic rings. The molecule has 0 aliphatic heterocycles. The monoisotopic (exact) mass is 484 g/mol. The van der Waals surface area contributed by atoms with Crippen LogP contribution in [0.5, 0.6) is 11.8 Å². The van der Waals surface area contributed by atoms with Gasteiger partial charge in [0.2, 0.25) is 0 Å². The van der Waals surface area contributed by atoms with Crippen LogP contribution in [0.3, 0.4) is 0 Å². The van der Waals surface area contributed by atoms with Crippen molar-refractivity contribution in [2.45, 2.75) is 102 Å². The number of thiol groups is 2. The molecule has 0 aromatic carbocycles. The fourth-order valence-electron chi connectivity index (χ4n) is 3.83. The maximum atomic E-state index is 9.62. The third-order valence-electron chi connectivity index (χ3n) is 6.53. The van der Waals surface area contributed by atoms with Gasteiger partial charge in [0.1, 0.15) is 12.5 Å². The zero-order chi connectivity index (χ0) is 23.8.